The summed E-state index contributed by atoms with van der Waals surface area (Å²) >= 11 is 0.750. The Bertz CT molecular complexity index is 215. The Labute approximate surface area is 131 Å². The first kappa shape index (κ1) is 31.3. The van der Waals surface area contributed by atoms with Gasteiger partial charge >= 0.3 is 23.7 Å². The van der Waals surface area contributed by atoms with Crippen molar-refractivity contribution in [1.82, 2.24) is 0 Å². The molecule has 0 aliphatic rings. The van der Waals surface area contributed by atoms with Crippen LogP contribution in [0.1, 0.15) is 26.7 Å². The summed E-state index contributed by atoms with van der Waals surface area (Å²) in [7, 11) is 2.00. The Balaban J connectivity index is -0.0000000545. The van der Waals surface area contributed by atoms with Gasteiger partial charge in [0.2, 0.25) is 0 Å². The Morgan fingerprint density at radius 3 is 0.900 bits per heavy atom. The van der Waals surface area contributed by atoms with E-state index in [-0.39, 0.29) is 36.0 Å². The number of ketones is 4. The van der Waals surface area contributed by atoms with Crippen LogP contribution in [-0.2, 0) is 42.9 Å². The summed E-state index contributed by atoms with van der Waals surface area (Å²) in [4.78, 5) is 39.8. The fourth-order valence-electron chi connectivity index (χ4n) is 0.555. The number of aliphatic hydroxyl groups is 2. The quantitative estimate of drug-likeness (QED) is 0.417. The fourth-order valence-corrected chi connectivity index (χ4v) is 0.555. The number of hydrogen-bond donors (Lipinski definition) is 2. The first-order valence-electron chi connectivity index (χ1n) is 5.04. The molecular formula is C12H22O7Ti. The van der Waals surface area contributed by atoms with Gasteiger partial charge in [0.15, 0.2) is 0 Å². The van der Waals surface area contributed by atoms with Gasteiger partial charge in [-0.05, 0) is 13.8 Å². The molecule has 0 aliphatic heterocycles. The van der Waals surface area contributed by atoms with E-state index in [1.807, 2.05) is 0 Å². The standard InChI is InChI=1S/2C5H7O2.2CH4O.O.Ti/c2*1-4(6)3-5(2)7;2*1-2;;/h2*1,3H2,2H3;2*2H,1H3;;/q2*-1;;;;+2. The van der Waals surface area contributed by atoms with Crippen molar-refractivity contribution >= 4 is 23.1 Å². The van der Waals surface area contributed by atoms with Gasteiger partial charge in [-0.15, -0.1) is 0 Å². The zero-order chi connectivity index (χ0) is 17.7. The maximum absolute atomic E-state index is 9.99. The van der Waals surface area contributed by atoms with E-state index in [2.05, 4.69) is 13.8 Å². The van der Waals surface area contributed by atoms with Gasteiger partial charge in [-0.3, -0.25) is 9.59 Å². The Morgan fingerprint density at radius 2 is 0.900 bits per heavy atom. The monoisotopic (exact) mass is 326 g/mol. The average Bonchev–Trinajstić information content (AvgIpc) is 2.34. The van der Waals surface area contributed by atoms with E-state index in [1.165, 1.54) is 13.8 Å². The summed E-state index contributed by atoms with van der Waals surface area (Å²) in [5, 5.41) is 14.0. The van der Waals surface area contributed by atoms with Gasteiger partial charge in [-0.25, -0.2) is 0 Å². The second-order valence-corrected chi connectivity index (χ2v) is 2.83. The number of carbonyl (C=O) groups excluding carboxylic acids is 4. The van der Waals surface area contributed by atoms with E-state index < -0.39 is 0 Å². The van der Waals surface area contributed by atoms with Gasteiger partial charge in [-0.2, -0.15) is 0 Å². The molecule has 0 bridgehead atoms. The predicted molar refractivity (Wildman–Crippen MR) is 68.3 cm³/mol. The van der Waals surface area contributed by atoms with Crippen LogP contribution in [0.2, 0.25) is 0 Å². The number of carbonyl (C=O) groups is 4. The van der Waals surface area contributed by atoms with E-state index in [0.717, 1.165) is 34.6 Å². The van der Waals surface area contributed by atoms with Crippen LogP contribution < -0.4 is 0 Å². The second-order valence-electron chi connectivity index (χ2n) is 2.83. The third-order valence-electron chi connectivity index (χ3n) is 0.892. The van der Waals surface area contributed by atoms with E-state index in [9.17, 15) is 19.2 Å². The van der Waals surface area contributed by atoms with Gasteiger partial charge in [0.05, 0.1) is 0 Å². The van der Waals surface area contributed by atoms with Crippen LogP contribution >= 0.6 is 0 Å². The number of rotatable bonds is 4. The molecule has 0 radical (unpaired) electrons. The number of Topliss-reactive ketones (excluding diaryl/α,β-unsaturated/α-hetero) is 4. The summed E-state index contributed by atoms with van der Waals surface area (Å²) in [6.45, 7) is 8.77. The van der Waals surface area contributed by atoms with Crippen molar-refractivity contribution in [3.63, 3.8) is 0 Å². The van der Waals surface area contributed by atoms with Crippen LogP contribution in [0, 0.1) is 13.8 Å². The molecule has 0 aromatic heterocycles. The van der Waals surface area contributed by atoms with Crippen LogP contribution in [0.15, 0.2) is 0 Å². The number of hydrogen-bond acceptors (Lipinski definition) is 7. The van der Waals surface area contributed by atoms with E-state index in [0.29, 0.717) is 0 Å². The van der Waals surface area contributed by atoms with Crippen molar-refractivity contribution in [2.24, 2.45) is 0 Å². The SMILES string of the molecule is CO.CO.[CH2-]C(=O)CC(C)=O.[CH2-]C(=O)CC(C)=O.[O]=[Ti+2]. The van der Waals surface area contributed by atoms with Gasteiger partial charge in [0.25, 0.3) is 0 Å². The van der Waals surface area contributed by atoms with Crippen molar-refractivity contribution in [1.29, 1.82) is 0 Å². The minimum atomic E-state index is -0.312. The van der Waals surface area contributed by atoms with Gasteiger partial charge < -0.3 is 33.6 Å². The molecule has 2 N–H and O–H groups in total. The summed E-state index contributed by atoms with van der Waals surface area (Å²) < 4.78 is 8.25. The molecule has 0 saturated carbocycles. The zero-order valence-corrected chi connectivity index (χ0v) is 13.8. The minimum absolute atomic E-state index is 0.0278. The van der Waals surface area contributed by atoms with E-state index >= 15 is 0 Å². The molecule has 0 aliphatic carbocycles. The van der Waals surface area contributed by atoms with Crippen LogP contribution in [0.25, 0.3) is 0 Å². The molecule has 0 fully saturated rings. The molecule has 0 spiro atoms. The van der Waals surface area contributed by atoms with E-state index in [4.69, 9.17) is 13.5 Å². The molecule has 0 atom stereocenters. The van der Waals surface area contributed by atoms with E-state index in [1.54, 1.807) is 0 Å². The molecular weight excluding hydrogens is 304 g/mol. The average molecular weight is 326 g/mol. The normalized spacial score (nSPS) is 6.60. The van der Waals surface area contributed by atoms with Gasteiger partial charge in [0.1, 0.15) is 11.6 Å². The molecule has 0 saturated heterocycles. The third-order valence-corrected chi connectivity index (χ3v) is 0.892. The Hall–Kier alpha value is -1.15. The first-order chi connectivity index (χ1) is 9.25. The molecule has 7 nitrogen and oxygen atoms in total. The van der Waals surface area contributed by atoms with Crippen LogP contribution in [0.5, 0.6) is 0 Å². The summed E-state index contributed by atoms with van der Waals surface area (Å²) in [5.41, 5.74) is 0. The number of aliphatic hydroxyl groups excluding tert-OH is 2. The summed E-state index contributed by atoms with van der Waals surface area (Å²) in [6.07, 6.45) is -0.0556. The predicted octanol–water partition coefficient (Wildman–Crippen LogP) is -0.167. The van der Waals surface area contributed by atoms with Crippen LogP contribution in [-0.4, -0.2) is 47.6 Å². The summed E-state index contributed by atoms with van der Waals surface area (Å²) in [6, 6.07) is 0. The van der Waals surface area contributed by atoms with Crippen molar-refractivity contribution in [2.75, 3.05) is 14.2 Å². The summed E-state index contributed by atoms with van der Waals surface area (Å²) in [5.74, 6) is -0.875. The molecule has 0 rings (SSSR count). The van der Waals surface area contributed by atoms with Crippen molar-refractivity contribution in [2.45, 2.75) is 26.7 Å². The van der Waals surface area contributed by atoms with Gasteiger partial charge in [0, 0.05) is 38.6 Å². The second kappa shape index (κ2) is 30.7. The third kappa shape index (κ3) is 90.2. The molecule has 0 amide bonds. The Morgan fingerprint density at radius 1 is 0.750 bits per heavy atom. The first-order valence-corrected chi connectivity index (χ1v) is 5.67. The molecule has 0 aromatic carbocycles. The molecule has 8 heteroatoms. The molecule has 0 aromatic rings. The maximum atomic E-state index is 9.99. The molecule has 0 heterocycles. The van der Waals surface area contributed by atoms with Crippen molar-refractivity contribution in [3.05, 3.63) is 13.8 Å². The van der Waals surface area contributed by atoms with Crippen LogP contribution in [0.4, 0.5) is 0 Å². The topological polar surface area (TPSA) is 126 Å². The van der Waals surface area contributed by atoms with Crippen molar-refractivity contribution < 1.29 is 53.1 Å². The molecule has 116 valence electrons. The van der Waals surface area contributed by atoms with Crippen LogP contribution in [0.3, 0.4) is 0 Å². The Kier molecular flexibility index (Phi) is 48.1. The fraction of sp³-hybridized carbons (Fsp3) is 0.500. The molecule has 20 heavy (non-hydrogen) atoms. The van der Waals surface area contributed by atoms with Crippen molar-refractivity contribution in [3.8, 4) is 0 Å². The van der Waals surface area contributed by atoms with Gasteiger partial charge in [-0.1, -0.05) is 0 Å². The molecule has 0 unspecified atom stereocenters. The zero-order valence-electron chi connectivity index (χ0n) is 12.3.